The molecule has 13 heteroatoms. The van der Waals surface area contributed by atoms with Gasteiger partial charge in [-0.05, 0) is 30.3 Å². The standard InChI is InChI=1S/C17H15F4N3O4S2/c18-13-4-3-11(10-14(13)30(26,27)24-6-8-28-9-7-24)23-15(25)12-2-1-5-22-16(12)29-17(19,20)21/h1-5,10H,6-9H2,(H,23,25). The molecule has 1 aromatic carbocycles. The second-order valence-corrected chi connectivity index (χ2v) is 8.98. The molecular weight excluding hydrogens is 450 g/mol. The minimum absolute atomic E-state index is 0.0477. The molecule has 7 nitrogen and oxygen atoms in total. The molecule has 1 aromatic heterocycles. The lowest BCUT2D eigenvalue weighted by atomic mass is 10.2. The van der Waals surface area contributed by atoms with Crippen molar-refractivity contribution < 1.29 is 35.5 Å². The number of morpholine rings is 1. The van der Waals surface area contributed by atoms with E-state index in [1.165, 1.54) is 6.07 Å². The molecule has 1 aliphatic rings. The minimum atomic E-state index is -4.65. The number of pyridine rings is 1. The van der Waals surface area contributed by atoms with Crippen LogP contribution in [0.15, 0.2) is 46.5 Å². The molecule has 1 saturated heterocycles. The average Bonchev–Trinajstić information content (AvgIpc) is 2.69. The molecule has 2 heterocycles. The number of thioether (sulfide) groups is 1. The normalized spacial score (nSPS) is 15.7. The molecular formula is C17H15F4N3O4S2. The van der Waals surface area contributed by atoms with Gasteiger partial charge in [0.05, 0.1) is 18.8 Å². The van der Waals surface area contributed by atoms with Crippen LogP contribution in [-0.2, 0) is 14.8 Å². The van der Waals surface area contributed by atoms with Gasteiger partial charge in [-0.3, -0.25) is 4.79 Å². The predicted octanol–water partition coefficient (Wildman–Crippen LogP) is 3.11. The number of ether oxygens (including phenoxy) is 1. The summed E-state index contributed by atoms with van der Waals surface area (Å²) in [6.07, 6.45) is 1.11. The lowest BCUT2D eigenvalue weighted by molar-refractivity contribution is -0.0329. The first-order valence-corrected chi connectivity index (χ1v) is 10.7. The highest BCUT2D eigenvalue weighted by atomic mass is 32.2. The largest absolute Gasteiger partial charge is 0.447 e. The van der Waals surface area contributed by atoms with Crippen LogP contribution in [0, 0.1) is 5.82 Å². The maximum absolute atomic E-state index is 14.2. The molecule has 30 heavy (non-hydrogen) atoms. The van der Waals surface area contributed by atoms with E-state index in [-0.39, 0.29) is 37.6 Å². The number of aromatic nitrogens is 1. The van der Waals surface area contributed by atoms with Gasteiger partial charge in [-0.1, -0.05) is 0 Å². The Morgan fingerprint density at radius 1 is 1.20 bits per heavy atom. The Hall–Kier alpha value is -2.22. The van der Waals surface area contributed by atoms with E-state index in [4.69, 9.17) is 4.74 Å². The topological polar surface area (TPSA) is 88.6 Å². The molecule has 2 aromatic rings. The van der Waals surface area contributed by atoms with Crippen LogP contribution >= 0.6 is 11.8 Å². The average molecular weight is 465 g/mol. The van der Waals surface area contributed by atoms with Gasteiger partial charge >= 0.3 is 5.51 Å². The fourth-order valence-corrected chi connectivity index (χ4v) is 4.76. The molecule has 3 rings (SSSR count). The van der Waals surface area contributed by atoms with Gasteiger partial charge in [0.1, 0.15) is 15.7 Å². The number of carbonyl (C=O) groups is 1. The third-order valence-electron chi connectivity index (χ3n) is 4.01. The number of hydrogen-bond acceptors (Lipinski definition) is 6. The Bertz CT molecular complexity index is 1040. The van der Waals surface area contributed by atoms with E-state index in [2.05, 4.69) is 10.3 Å². The Kier molecular flexibility index (Phi) is 6.65. The van der Waals surface area contributed by atoms with Crippen LogP contribution < -0.4 is 5.32 Å². The van der Waals surface area contributed by atoms with E-state index in [0.717, 1.165) is 34.8 Å². The molecule has 0 unspecified atom stereocenters. The quantitative estimate of drug-likeness (QED) is 0.539. The number of nitrogens with one attached hydrogen (secondary N) is 1. The Balaban J connectivity index is 1.87. The number of benzene rings is 1. The first kappa shape index (κ1) is 22.5. The summed E-state index contributed by atoms with van der Waals surface area (Å²) in [5, 5.41) is 1.73. The van der Waals surface area contributed by atoms with Crippen LogP contribution in [0.2, 0.25) is 0 Å². The summed E-state index contributed by atoms with van der Waals surface area (Å²) in [6.45, 7) is 0.425. The Morgan fingerprint density at radius 3 is 2.57 bits per heavy atom. The lowest BCUT2D eigenvalue weighted by Gasteiger charge is -2.26. The monoisotopic (exact) mass is 465 g/mol. The van der Waals surface area contributed by atoms with Crippen molar-refractivity contribution in [2.45, 2.75) is 15.4 Å². The first-order valence-electron chi connectivity index (χ1n) is 8.47. The number of halogens is 4. The zero-order chi connectivity index (χ0) is 21.9. The Morgan fingerprint density at radius 2 is 1.90 bits per heavy atom. The number of amides is 1. The van der Waals surface area contributed by atoms with Crippen LogP contribution in [0.25, 0.3) is 0 Å². The third-order valence-corrected chi connectivity index (χ3v) is 6.67. The van der Waals surface area contributed by atoms with Crippen molar-refractivity contribution in [2.75, 3.05) is 31.6 Å². The number of anilines is 1. The predicted molar refractivity (Wildman–Crippen MR) is 100 cm³/mol. The summed E-state index contributed by atoms with van der Waals surface area (Å²) in [5.41, 5.74) is -5.11. The van der Waals surface area contributed by atoms with Crippen molar-refractivity contribution >= 4 is 33.4 Å². The summed E-state index contributed by atoms with van der Waals surface area (Å²) in [7, 11) is -4.19. The minimum Gasteiger partial charge on any atom is -0.379 e. The van der Waals surface area contributed by atoms with Crippen LogP contribution in [0.1, 0.15) is 10.4 Å². The van der Waals surface area contributed by atoms with Crippen molar-refractivity contribution in [3.8, 4) is 0 Å². The van der Waals surface area contributed by atoms with Gasteiger partial charge in [-0.15, -0.1) is 0 Å². The fraction of sp³-hybridized carbons (Fsp3) is 0.294. The molecule has 0 aliphatic carbocycles. The van der Waals surface area contributed by atoms with Crippen LogP contribution in [0.3, 0.4) is 0 Å². The molecule has 1 aliphatic heterocycles. The highest BCUT2D eigenvalue weighted by Crippen LogP contribution is 2.37. The van der Waals surface area contributed by atoms with Gasteiger partial charge in [-0.2, -0.15) is 17.5 Å². The van der Waals surface area contributed by atoms with E-state index < -0.39 is 48.9 Å². The summed E-state index contributed by atoms with van der Waals surface area (Å²) < 4.78 is 83.9. The highest BCUT2D eigenvalue weighted by molar-refractivity contribution is 8.00. The van der Waals surface area contributed by atoms with Crippen molar-refractivity contribution in [1.82, 2.24) is 9.29 Å². The van der Waals surface area contributed by atoms with Crippen molar-refractivity contribution in [3.05, 3.63) is 47.9 Å². The van der Waals surface area contributed by atoms with Crippen molar-refractivity contribution in [1.29, 1.82) is 0 Å². The van der Waals surface area contributed by atoms with E-state index in [1.807, 2.05) is 0 Å². The summed E-state index contributed by atoms with van der Waals surface area (Å²) in [4.78, 5) is 15.4. The van der Waals surface area contributed by atoms with E-state index in [1.54, 1.807) is 0 Å². The van der Waals surface area contributed by atoms with E-state index >= 15 is 0 Å². The van der Waals surface area contributed by atoms with Gasteiger partial charge in [0, 0.05) is 36.7 Å². The number of hydrogen-bond donors (Lipinski definition) is 1. The molecule has 0 spiro atoms. The van der Waals surface area contributed by atoms with E-state index in [9.17, 15) is 30.8 Å². The third kappa shape index (κ3) is 5.28. The second-order valence-electron chi connectivity index (χ2n) is 6.02. The van der Waals surface area contributed by atoms with Gasteiger partial charge in [0.15, 0.2) is 0 Å². The van der Waals surface area contributed by atoms with Crippen molar-refractivity contribution in [3.63, 3.8) is 0 Å². The summed E-state index contributed by atoms with van der Waals surface area (Å²) in [5.74, 6) is -1.97. The fourth-order valence-electron chi connectivity index (χ4n) is 2.66. The summed E-state index contributed by atoms with van der Waals surface area (Å²) in [6, 6.07) is 5.32. The van der Waals surface area contributed by atoms with Crippen LogP contribution in [0.4, 0.5) is 23.2 Å². The summed E-state index contributed by atoms with van der Waals surface area (Å²) >= 11 is -0.551. The number of nitrogens with zero attached hydrogens (tertiary/aromatic N) is 2. The zero-order valence-electron chi connectivity index (χ0n) is 15.1. The number of rotatable bonds is 5. The maximum Gasteiger partial charge on any atom is 0.447 e. The van der Waals surface area contributed by atoms with Crippen molar-refractivity contribution in [2.24, 2.45) is 0 Å². The molecule has 1 fully saturated rings. The molecule has 0 radical (unpaired) electrons. The molecule has 162 valence electrons. The molecule has 0 atom stereocenters. The van der Waals surface area contributed by atoms with Gasteiger partial charge in [0.2, 0.25) is 10.0 Å². The first-order chi connectivity index (χ1) is 14.1. The molecule has 1 amide bonds. The highest BCUT2D eigenvalue weighted by Gasteiger charge is 2.33. The zero-order valence-corrected chi connectivity index (χ0v) is 16.8. The Labute approximate surface area is 173 Å². The van der Waals surface area contributed by atoms with Crippen LogP contribution in [-0.4, -0.2) is 55.4 Å². The van der Waals surface area contributed by atoms with E-state index in [0.29, 0.717) is 0 Å². The maximum atomic E-state index is 14.2. The SMILES string of the molecule is O=C(Nc1ccc(F)c(S(=O)(=O)N2CCOCC2)c1)c1cccnc1SC(F)(F)F. The van der Waals surface area contributed by atoms with Gasteiger partial charge in [0.25, 0.3) is 5.91 Å². The molecule has 1 N–H and O–H groups in total. The lowest BCUT2D eigenvalue weighted by Crippen LogP contribution is -2.40. The smallest absolute Gasteiger partial charge is 0.379 e. The van der Waals surface area contributed by atoms with Gasteiger partial charge < -0.3 is 10.1 Å². The van der Waals surface area contributed by atoms with Crippen LogP contribution in [0.5, 0.6) is 0 Å². The second kappa shape index (κ2) is 8.88. The number of sulfonamides is 1. The number of alkyl halides is 3. The number of carbonyl (C=O) groups excluding carboxylic acids is 1. The van der Waals surface area contributed by atoms with Gasteiger partial charge in [-0.25, -0.2) is 17.8 Å². The molecule has 0 bridgehead atoms. The molecule has 0 saturated carbocycles.